The first kappa shape index (κ1) is 32.0. The number of benzene rings is 2. The van der Waals surface area contributed by atoms with Gasteiger partial charge in [0.15, 0.2) is 17.3 Å². The molecule has 242 valence electrons. The first-order chi connectivity index (χ1) is 22.7. The second-order valence-electron chi connectivity index (χ2n) is 11.3. The summed E-state index contributed by atoms with van der Waals surface area (Å²) in [5.41, 5.74) is 2.89. The number of aliphatic carboxylic acids is 1. The Labute approximate surface area is 273 Å². The maximum atomic E-state index is 13.7. The minimum Gasteiger partial charge on any atom is -0.480 e. The van der Waals surface area contributed by atoms with Gasteiger partial charge in [0.05, 0.1) is 11.2 Å². The second-order valence-corrected chi connectivity index (χ2v) is 11.8. The molecule has 6 rings (SSSR count). The van der Waals surface area contributed by atoms with Gasteiger partial charge in [-0.1, -0.05) is 23.7 Å². The number of pyridine rings is 1. The van der Waals surface area contributed by atoms with E-state index in [0.29, 0.717) is 46.3 Å². The number of rotatable bonds is 11. The number of carboxylic acid groups (broad SMARTS) is 1. The van der Waals surface area contributed by atoms with Crippen LogP contribution in [0.15, 0.2) is 67.0 Å². The van der Waals surface area contributed by atoms with Crippen LogP contribution in [0, 0.1) is 17.6 Å². The van der Waals surface area contributed by atoms with Crippen molar-refractivity contribution in [2.75, 3.05) is 18.4 Å². The van der Waals surface area contributed by atoms with E-state index in [2.05, 4.69) is 25.9 Å². The molecule has 1 fully saturated rings. The summed E-state index contributed by atoms with van der Waals surface area (Å²) in [5.74, 6) is -2.51. The number of anilines is 1. The largest absolute Gasteiger partial charge is 0.480 e. The molecule has 1 saturated heterocycles. The average molecular weight is 661 g/mol. The van der Waals surface area contributed by atoms with Crippen molar-refractivity contribution in [2.45, 2.75) is 38.4 Å². The van der Waals surface area contributed by atoms with Crippen LogP contribution in [0.1, 0.15) is 34.5 Å². The van der Waals surface area contributed by atoms with Crippen molar-refractivity contribution in [3.63, 3.8) is 0 Å². The Kier molecular flexibility index (Phi) is 9.64. The highest BCUT2D eigenvalue weighted by Crippen LogP contribution is 2.32. The van der Waals surface area contributed by atoms with E-state index in [1.54, 1.807) is 42.7 Å². The number of fused-ring (bicyclic) bond motifs is 1. The fourth-order valence-electron chi connectivity index (χ4n) is 5.56. The monoisotopic (exact) mass is 660 g/mol. The number of imidazole rings is 1. The van der Waals surface area contributed by atoms with Gasteiger partial charge in [-0.3, -0.25) is 9.78 Å². The molecule has 14 heteroatoms. The van der Waals surface area contributed by atoms with E-state index in [9.17, 15) is 23.5 Å². The molecule has 0 aliphatic carbocycles. The minimum absolute atomic E-state index is 0.0203. The van der Waals surface area contributed by atoms with E-state index in [0.717, 1.165) is 38.1 Å². The molecule has 1 aliphatic rings. The van der Waals surface area contributed by atoms with Crippen LogP contribution in [-0.2, 0) is 24.3 Å². The summed E-state index contributed by atoms with van der Waals surface area (Å²) in [5, 5.41) is 19.0. The zero-order valence-corrected chi connectivity index (χ0v) is 25.8. The maximum absolute atomic E-state index is 13.7. The molecular weight excluding hydrogens is 630 g/mol. The molecule has 1 amide bonds. The van der Waals surface area contributed by atoms with E-state index in [4.69, 9.17) is 21.6 Å². The molecule has 0 radical (unpaired) electrons. The van der Waals surface area contributed by atoms with E-state index < -0.39 is 29.6 Å². The SMILES string of the molecule is O=C(N[C@H](Cc1ccccn1)C(=O)O)c1ccc(-c2nc3cnc(NCc4ccc(F)c(F)c4)nc3n2C[C@@H]2CCCNC2)c(Cl)c1. The molecule has 5 aromatic rings. The number of carbonyl (C=O) groups is 2. The molecule has 0 saturated carbocycles. The Hall–Kier alpha value is -5.01. The highest BCUT2D eigenvalue weighted by Gasteiger charge is 2.25. The van der Waals surface area contributed by atoms with Crippen LogP contribution >= 0.6 is 11.6 Å². The van der Waals surface area contributed by atoms with Gasteiger partial charge in [-0.2, -0.15) is 4.98 Å². The van der Waals surface area contributed by atoms with Gasteiger partial charge in [0.25, 0.3) is 5.91 Å². The van der Waals surface area contributed by atoms with Crippen molar-refractivity contribution in [3.8, 4) is 11.4 Å². The Morgan fingerprint density at radius 1 is 1.09 bits per heavy atom. The molecule has 11 nitrogen and oxygen atoms in total. The third kappa shape index (κ3) is 7.53. The number of aromatic nitrogens is 5. The van der Waals surface area contributed by atoms with Crippen LogP contribution in [-0.4, -0.2) is 60.6 Å². The summed E-state index contributed by atoms with van der Waals surface area (Å²) in [6, 6.07) is 12.4. The van der Waals surface area contributed by atoms with Gasteiger partial charge in [-0.15, -0.1) is 0 Å². The number of carbonyl (C=O) groups excluding carboxylic acids is 1. The lowest BCUT2D eigenvalue weighted by atomic mass is 9.99. The molecular formula is C33H31ClF2N8O3. The molecule has 2 aromatic carbocycles. The van der Waals surface area contributed by atoms with Crippen molar-refractivity contribution < 1.29 is 23.5 Å². The third-order valence-corrected chi connectivity index (χ3v) is 8.29. The third-order valence-electron chi connectivity index (χ3n) is 7.98. The number of halogens is 3. The Morgan fingerprint density at radius 3 is 2.68 bits per heavy atom. The van der Waals surface area contributed by atoms with E-state index in [1.165, 1.54) is 12.1 Å². The summed E-state index contributed by atoms with van der Waals surface area (Å²) in [6.07, 6.45) is 5.20. The number of piperidine rings is 1. The molecule has 4 N–H and O–H groups in total. The molecule has 2 atom stereocenters. The van der Waals surface area contributed by atoms with Crippen LogP contribution in [0.3, 0.4) is 0 Å². The standard InChI is InChI=1S/C33H31ClF2N8O3/c34-24-13-21(31(45)42-27(32(46)47)14-22-5-1-2-11-38-22)7-8-23(24)29-41-28-17-40-33(39-16-19-6-9-25(35)26(36)12-19)43-30(28)44(29)18-20-4-3-10-37-15-20/h1-2,5-9,11-13,17,20,27,37H,3-4,10,14-16,18H2,(H,42,45)(H,46,47)(H,39,40,43)/t20-,27-/m1/s1. The highest BCUT2D eigenvalue weighted by molar-refractivity contribution is 6.33. The van der Waals surface area contributed by atoms with E-state index in [1.807, 2.05) is 4.57 Å². The topological polar surface area (TPSA) is 147 Å². The van der Waals surface area contributed by atoms with Gasteiger partial charge < -0.3 is 25.6 Å². The fraction of sp³-hybridized carbons (Fsp3) is 0.273. The number of amides is 1. The Bertz CT molecular complexity index is 1920. The summed E-state index contributed by atoms with van der Waals surface area (Å²) in [4.78, 5) is 43.1. The smallest absolute Gasteiger partial charge is 0.326 e. The quantitative estimate of drug-likeness (QED) is 0.156. The van der Waals surface area contributed by atoms with Crippen LogP contribution in [0.5, 0.6) is 0 Å². The summed E-state index contributed by atoms with van der Waals surface area (Å²) < 4.78 is 29.1. The lowest BCUT2D eigenvalue weighted by Crippen LogP contribution is -2.42. The van der Waals surface area contributed by atoms with Crippen LogP contribution in [0.25, 0.3) is 22.6 Å². The fourth-order valence-corrected chi connectivity index (χ4v) is 5.82. The molecule has 3 aromatic heterocycles. The number of hydrogen-bond acceptors (Lipinski definition) is 8. The minimum atomic E-state index is -1.19. The van der Waals surface area contributed by atoms with Crippen LogP contribution in [0.4, 0.5) is 14.7 Å². The number of hydrogen-bond donors (Lipinski definition) is 4. The zero-order chi connectivity index (χ0) is 32.9. The maximum Gasteiger partial charge on any atom is 0.326 e. The van der Waals surface area contributed by atoms with Gasteiger partial charge in [0, 0.05) is 42.5 Å². The molecule has 0 unspecified atom stereocenters. The normalized spacial score (nSPS) is 15.3. The summed E-state index contributed by atoms with van der Waals surface area (Å²) in [6.45, 7) is 2.54. The van der Waals surface area contributed by atoms with Crippen LogP contribution < -0.4 is 16.0 Å². The molecule has 0 bridgehead atoms. The molecule has 4 heterocycles. The van der Waals surface area contributed by atoms with E-state index in [-0.39, 0.29) is 29.5 Å². The van der Waals surface area contributed by atoms with Gasteiger partial charge in [0.1, 0.15) is 17.4 Å². The van der Waals surface area contributed by atoms with Crippen molar-refractivity contribution in [1.29, 1.82) is 0 Å². The molecule has 1 aliphatic heterocycles. The predicted octanol–water partition coefficient (Wildman–Crippen LogP) is 4.86. The summed E-state index contributed by atoms with van der Waals surface area (Å²) in [7, 11) is 0. The van der Waals surface area contributed by atoms with Crippen molar-refractivity contribution >= 4 is 40.6 Å². The Balaban J connectivity index is 1.28. The van der Waals surface area contributed by atoms with Gasteiger partial charge in [-0.05, 0) is 79.9 Å². The first-order valence-corrected chi connectivity index (χ1v) is 15.5. The van der Waals surface area contributed by atoms with Crippen molar-refractivity contribution in [3.05, 3.63) is 100 Å². The lowest BCUT2D eigenvalue weighted by Gasteiger charge is -2.24. The number of nitrogens with one attached hydrogen (secondary N) is 3. The van der Waals surface area contributed by atoms with Gasteiger partial charge in [0.2, 0.25) is 5.95 Å². The lowest BCUT2D eigenvalue weighted by molar-refractivity contribution is -0.139. The van der Waals surface area contributed by atoms with Gasteiger partial charge >= 0.3 is 5.97 Å². The van der Waals surface area contributed by atoms with Crippen molar-refractivity contribution in [1.82, 2.24) is 35.1 Å². The average Bonchev–Trinajstić information content (AvgIpc) is 3.42. The van der Waals surface area contributed by atoms with Crippen molar-refractivity contribution in [2.24, 2.45) is 5.92 Å². The van der Waals surface area contributed by atoms with Gasteiger partial charge in [-0.25, -0.2) is 23.5 Å². The zero-order valence-electron chi connectivity index (χ0n) is 25.1. The van der Waals surface area contributed by atoms with Crippen LogP contribution in [0.2, 0.25) is 5.02 Å². The van der Waals surface area contributed by atoms with E-state index >= 15 is 0 Å². The second kappa shape index (κ2) is 14.2. The molecule has 0 spiro atoms. The molecule has 47 heavy (non-hydrogen) atoms. The first-order valence-electron chi connectivity index (χ1n) is 15.1. The summed E-state index contributed by atoms with van der Waals surface area (Å²) >= 11 is 6.77. The number of nitrogens with zero attached hydrogens (tertiary/aromatic N) is 5. The highest BCUT2D eigenvalue weighted by atomic mass is 35.5. The predicted molar refractivity (Wildman–Crippen MR) is 172 cm³/mol. The number of carboxylic acids is 1. The Morgan fingerprint density at radius 2 is 1.96 bits per heavy atom.